The summed E-state index contributed by atoms with van der Waals surface area (Å²) in [6.45, 7) is 2.45. The molecule has 0 amide bonds. The largest absolute Gasteiger partial charge is 0.390 e. The van der Waals surface area contributed by atoms with Crippen LogP contribution in [0.2, 0.25) is 0 Å². The van der Waals surface area contributed by atoms with Crippen LogP contribution in [0.25, 0.3) is 0 Å². The molecule has 0 aliphatic heterocycles. The van der Waals surface area contributed by atoms with Crippen molar-refractivity contribution < 1.29 is 13.6 Å². The topological polar surface area (TPSA) is 21.6 Å². The summed E-state index contributed by atoms with van der Waals surface area (Å²) >= 11 is 0. The lowest BCUT2D eigenvalue weighted by Gasteiger charge is -2.01. The van der Waals surface area contributed by atoms with Crippen molar-refractivity contribution in [2.75, 3.05) is 0 Å². The lowest BCUT2D eigenvalue weighted by atomic mass is 10.1. The summed E-state index contributed by atoms with van der Waals surface area (Å²) in [5.74, 6) is 0. The van der Waals surface area contributed by atoms with Crippen molar-refractivity contribution in [1.82, 2.24) is 0 Å². The van der Waals surface area contributed by atoms with Gasteiger partial charge in [0.1, 0.15) is 12.8 Å². The Morgan fingerprint density at radius 3 is 2.19 bits per heavy atom. The molecule has 0 saturated carbocycles. The van der Waals surface area contributed by atoms with Gasteiger partial charge in [0.15, 0.2) is 0 Å². The predicted octanol–water partition coefficient (Wildman–Crippen LogP) is 4.61. The standard InChI is InChI=1S/C17H16F2NO/c1-2-13-3-5-15(6-4-13)12-21-20-11-14-7-9-16(10-8-14)17(18)19/h3-10,17H,2,12H2,1H3. The van der Waals surface area contributed by atoms with Crippen molar-refractivity contribution >= 4 is 6.21 Å². The maximum atomic E-state index is 12.4. The highest BCUT2D eigenvalue weighted by Gasteiger charge is 2.05. The fraction of sp³-hybridized carbons (Fsp3) is 0.235. The molecule has 0 aliphatic rings. The van der Waals surface area contributed by atoms with Crippen LogP contribution in [0.4, 0.5) is 8.78 Å². The van der Waals surface area contributed by atoms with Gasteiger partial charge in [-0.05, 0) is 17.5 Å². The zero-order chi connectivity index (χ0) is 15.1. The zero-order valence-electron chi connectivity index (χ0n) is 11.7. The predicted molar refractivity (Wildman–Crippen MR) is 78.5 cm³/mol. The van der Waals surface area contributed by atoms with Crippen LogP contribution in [0, 0.1) is 0 Å². The Labute approximate surface area is 123 Å². The van der Waals surface area contributed by atoms with E-state index in [9.17, 15) is 8.78 Å². The highest BCUT2D eigenvalue weighted by atomic mass is 19.3. The fourth-order valence-electron chi connectivity index (χ4n) is 1.77. The number of nitrogens with zero attached hydrogens (tertiary/aromatic N) is 1. The van der Waals surface area contributed by atoms with Gasteiger partial charge >= 0.3 is 0 Å². The van der Waals surface area contributed by atoms with Crippen LogP contribution in [-0.4, -0.2) is 6.21 Å². The van der Waals surface area contributed by atoms with Gasteiger partial charge in [-0.2, -0.15) is 0 Å². The van der Waals surface area contributed by atoms with E-state index in [-0.39, 0.29) is 5.56 Å². The van der Waals surface area contributed by atoms with Crippen LogP contribution >= 0.6 is 0 Å². The van der Waals surface area contributed by atoms with Gasteiger partial charge in [-0.15, -0.1) is 0 Å². The van der Waals surface area contributed by atoms with Gasteiger partial charge in [0.05, 0.1) is 0 Å². The average Bonchev–Trinajstić information content (AvgIpc) is 2.52. The monoisotopic (exact) mass is 288 g/mol. The Morgan fingerprint density at radius 2 is 1.62 bits per heavy atom. The van der Waals surface area contributed by atoms with E-state index in [1.807, 2.05) is 12.1 Å². The van der Waals surface area contributed by atoms with E-state index in [1.54, 1.807) is 0 Å². The SMILES string of the molecule is CCc1ccc(CO/N=[C]\c2ccc(C(F)F)cc2)cc1. The van der Waals surface area contributed by atoms with Crippen molar-refractivity contribution in [2.24, 2.45) is 5.16 Å². The summed E-state index contributed by atoms with van der Waals surface area (Å²) < 4.78 is 24.8. The molecule has 0 aliphatic carbocycles. The molecule has 1 radical (unpaired) electrons. The summed E-state index contributed by atoms with van der Waals surface area (Å²) in [5.41, 5.74) is 2.87. The van der Waals surface area contributed by atoms with Gasteiger partial charge in [-0.25, -0.2) is 8.78 Å². The molecular weight excluding hydrogens is 272 g/mol. The number of benzene rings is 2. The molecule has 2 nitrogen and oxygen atoms in total. The molecule has 2 rings (SSSR count). The third kappa shape index (κ3) is 4.67. The van der Waals surface area contributed by atoms with Gasteiger partial charge in [-0.3, -0.25) is 0 Å². The molecule has 0 N–H and O–H groups in total. The molecule has 4 heteroatoms. The number of alkyl halides is 2. The Kier molecular flexibility index (Phi) is 5.43. The molecule has 0 aromatic heterocycles. The van der Waals surface area contributed by atoms with Gasteiger partial charge in [0, 0.05) is 11.1 Å². The molecule has 109 valence electrons. The van der Waals surface area contributed by atoms with Crippen LogP contribution in [0.3, 0.4) is 0 Å². The minimum absolute atomic E-state index is 0.0162. The minimum atomic E-state index is -2.46. The second-order valence-corrected chi connectivity index (χ2v) is 4.57. The van der Waals surface area contributed by atoms with Crippen LogP contribution in [0.15, 0.2) is 53.7 Å². The highest BCUT2D eigenvalue weighted by molar-refractivity contribution is 5.79. The molecule has 0 fully saturated rings. The maximum absolute atomic E-state index is 12.4. The van der Waals surface area contributed by atoms with Crippen molar-refractivity contribution in [3.8, 4) is 0 Å². The second-order valence-electron chi connectivity index (χ2n) is 4.57. The van der Waals surface area contributed by atoms with Gasteiger partial charge < -0.3 is 4.84 Å². The minimum Gasteiger partial charge on any atom is -0.390 e. The summed E-state index contributed by atoms with van der Waals surface area (Å²) in [6, 6.07) is 13.9. The summed E-state index contributed by atoms with van der Waals surface area (Å²) in [5, 5.41) is 3.72. The molecule has 2 aromatic rings. The van der Waals surface area contributed by atoms with E-state index in [0.717, 1.165) is 12.0 Å². The summed E-state index contributed by atoms with van der Waals surface area (Å²) in [4.78, 5) is 5.14. The Hall–Kier alpha value is -2.23. The lowest BCUT2D eigenvalue weighted by Crippen LogP contribution is -1.90. The van der Waals surface area contributed by atoms with E-state index in [2.05, 4.69) is 30.4 Å². The normalized spacial score (nSPS) is 11.2. The first-order valence-corrected chi connectivity index (χ1v) is 6.73. The van der Waals surface area contributed by atoms with Crippen molar-refractivity contribution in [3.05, 3.63) is 70.8 Å². The number of rotatable bonds is 6. The molecule has 21 heavy (non-hydrogen) atoms. The van der Waals surface area contributed by atoms with Crippen LogP contribution in [-0.2, 0) is 17.9 Å². The number of aryl methyl sites for hydroxylation is 1. The van der Waals surface area contributed by atoms with Crippen LogP contribution in [0.1, 0.15) is 35.6 Å². The zero-order valence-corrected chi connectivity index (χ0v) is 11.7. The molecule has 2 aromatic carbocycles. The maximum Gasteiger partial charge on any atom is 0.263 e. The molecule has 0 saturated heterocycles. The van der Waals surface area contributed by atoms with Gasteiger partial charge in [0.25, 0.3) is 6.43 Å². The Morgan fingerprint density at radius 1 is 1.00 bits per heavy atom. The van der Waals surface area contributed by atoms with E-state index >= 15 is 0 Å². The Bertz CT molecular complexity index is 577. The number of halogens is 2. The first-order chi connectivity index (χ1) is 10.2. The van der Waals surface area contributed by atoms with E-state index in [1.165, 1.54) is 29.8 Å². The fourth-order valence-corrected chi connectivity index (χ4v) is 1.77. The molecule has 0 heterocycles. The van der Waals surface area contributed by atoms with Crippen molar-refractivity contribution in [3.63, 3.8) is 0 Å². The Balaban J connectivity index is 1.84. The van der Waals surface area contributed by atoms with E-state index in [4.69, 9.17) is 4.84 Å². The summed E-state index contributed by atoms with van der Waals surface area (Å²) in [6.07, 6.45) is 1.20. The number of hydrogen-bond donors (Lipinski definition) is 0. The number of hydrogen-bond acceptors (Lipinski definition) is 2. The molecule has 0 unspecified atom stereocenters. The summed E-state index contributed by atoms with van der Waals surface area (Å²) in [7, 11) is 0. The molecule has 0 bridgehead atoms. The smallest absolute Gasteiger partial charge is 0.263 e. The molecule has 0 spiro atoms. The molecular formula is C17H16F2NO. The van der Waals surface area contributed by atoms with Crippen molar-refractivity contribution in [2.45, 2.75) is 26.4 Å². The average molecular weight is 288 g/mol. The van der Waals surface area contributed by atoms with Crippen LogP contribution < -0.4 is 0 Å². The first kappa shape index (κ1) is 15.2. The van der Waals surface area contributed by atoms with E-state index < -0.39 is 6.43 Å². The third-order valence-electron chi connectivity index (χ3n) is 3.06. The van der Waals surface area contributed by atoms with Crippen molar-refractivity contribution in [1.29, 1.82) is 0 Å². The highest BCUT2D eigenvalue weighted by Crippen LogP contribution is 2.18. The molecule has 0 atom stereocenters. The quantitative estimate of drug-likeness (QED) is 0.561. The van der Waals surface area contributed by atoms with E-state index in [0.29, 0.717) is 12.2 Å². The van der Waals surface area contributed by atoms with Gasteiger partial charge in [0.2, 0.25) is 0 Å². The lowest BCUT2D eigenvalue weighted by molar-refractivity contribution is 0.132. The first-order valence-electron chi connectivity index (χ1n) is 6.73. The van der Waals surface area contributed by atoms with Crippen LogP contribution in [0.5, 0.6) is 0 Å². The van der Waals surface area contributed by atoms with Gasteiger partial charge in [-0.1, -0.05) is 60.6 Å². The second kappa shape index (κ2) is 7.53. The third-order valence-corrected chi connectivity index (χ3v) is 3.06.